The molecule has 2 N–H and O–H groups in total. The molecule has 0 heterocycles. The van der Waals surface area contributed by atoms with Crippen LogP contribution in [0.2, 0.25) is 0 Å². The Morgan fingerprint density at radius 1 is 0.343 bits per heavy atom. The number of rotatable bonds is 12. The van der Waals surface area contributed by atoms with Crippen molar-refractivity contribution in [2.45, 2.75) is 95.0 Å². The van der Waals surface area contributed by atoms with Gasteiger partial charge in [0.1, 0.15) is 57.2 Å². The SMILES string of the molecule is O=S(=O)(c1ccc(Oc2ccc(C#CC3(O)CCCCC3)cc2)cc1)c1ccc(Oc2cccc(Oc3ccc(S(=O)(=O)c4ccc(Oc5cccc(C#CC6(O)CCCCC6)c5)cc4)cc3)c2)cc1. The molecule has 70 heavy (non-hydrogen) atoms. The summed E-state index contributed by atoms with van der Waals surface area (Å²) in [5.41, 5.74) is -0.388. The summed E-state index contributed by atoms with van der Waals surface area (Å²) < 4.78 is 78.2. The summed E-state index contributed by atoms with van der Waals surface area (Å²) in [7, 11) is -7.71. The Kier molecular flexibility index (Phi) is 14.1. The summed E-state index contributed by atoms with van der Waals surface area (Å²) in [6, 6.07) is 45.9. The van der Waals surface area contributed by atoms with Gasteiger partial charge < -0.3 is 29.2 Å². The largest absolute Gasteiger partial charge is 0.457 e. The van der Waals surface area contributed by atoms with Crippen LogP contribution in [0.5, 0.6) is 46.0 Å². The second-order valence-electron chi connectivity index (χ2n) is 17.5. The average Bonchev–Trinajstić information content (AvgIpc) is 3.37. The van der Waals surface area contributed by atoms with E-state index in [0.717, 1.165) is 44.1 Å². The second kappa shape index (κ2) is 20.7. The molecule has 2 aliphatic carbocycles. The minimum atomic E-state index is -3.86. The van der Waals surface area contributed by atoms with Crippen molar-refractivity contribution in [2.24, 2.45) is 0 Å². The maximum Gasteiger partial charge on any atom is 0.206 e. The van der Waals surface area contributed by atoms with E-state index >= 15 is 0 Å². The predicted octanol–water partition coefficient (Wildman–Crippen LogP) is 12.6. The van der Waals surface area contributed by atoms with Gasteiger partial charge in [0.2, 0.25) is 19.7 Å². The molecule has 0 spiro atoms. The van der Waals surface area contributed by atoms with Crippen LogP contribution in [0.15, 0.2) is 189 Å². The first-order valence-corrected chi connectivity index (χ1v) is 26.2. The summed E-state index contributed by atoms with van der Waals surface area (Å²) >= 11 is 0. The van der Waals surface area contributed by atoms with Gasteiger partial charge in [-0.2, -0.15) is 0 Å². The second-order valence-corrected chi connectivity index (χ2v) is 21.4. The van der Waals surface area contributed by atoms with Crippen LogP contribution in [-0.4, -0.2) is 38.3 Å². The van der Waals surface area contributed by atoms with Crippen LogP contribution < -0.4 is 18.9 Å². The molecule has 0 amide bonds. The van der Waals surface area contributed by atoms with Gasteiger partial charge in [-0.1, -0.05) is 48.7 Å². The van der Waals surface area contributed by atoms with Crippen molar-refractivity contribution in [1.29, 1.82) is 0 Å². The van der Waals surface area contributed by atoms with Crippen LogP contribution in [0.3, 0.4) is 0 Å². The molecule has 0 radical (unpaired) electrons. The van der Waals surface area contributed by atoms with Gasteiger partial charge in [-0.05, 0) is 203 Å². The Labute approximate surface area is 409 Å². The van der Waals surface area contributed by atoms with Crippen molar-refractivity contribution in [3.8, 4) is 69.7 Å². The van der Waals surface area contributed by atoms with E-state index < -0.39 is 30.9 Å². The maximum atomic E-state index is 13.6. The zero-order chi connectivity index (χ0) is 48.6. The summed E-state index contributed by atoms with van der Waals surface area (Å²) in [5, 5.41) is 21.4. The fourth-order valence-corrected chi connectivity index (χ4v) is 10.8. The molecule has 9 rings (SSSR count). The number of hydrogen-bond acceptors (Lipinski definition) is 10. The molecule has 0 saturated heterocycles. The van der Waals surface area contributed by atoms with Crippen LogP contribution in [0.4, 0.5) is 0 Å². The zero-order valence-electron chi connectivity index (χ0n) is 38.2. The van der Waals surface area contributed by atoms with E-state index in [1.54, 1.807) is 97.1 Å². The third-order valence-electron chi connectivity index (χ3n) is 12.2. The molecule has 7 aromatic carbocycles. The van der Waals surface area contributed by atoms with Crippen molar-refractivity contribution in [1.82, 2.24) is 0 Å². The summed E-state index contributed by atoms with van der Waals surface area (Å²) in [5.74, 6) is 15.9. The highest BCUT2D eigenvalue weighted by atomic mass is 32.2. The molecule has 2 saturated carbocycles. The first-order chi connectivity index (χ1) is 33.8. The molecule has 0 atom stereocenters. The number of ether oxygens (including phenoxy) is 4. The fraction of sp³-hybridized carbons (Fsp3) is 0.207. The molecule has 354 valence electrons. The topological polar surface area (TPSA) is 146 Å². The summed E-state index contributed by atoms with van der Waals surface area (Å²) in [6.45, 7) is 0. The lowest BCUT2D eigenvalue weighted by atomic mass is 9.85. The molecular weight excluding hydrogens is 921 g/mol. The van der Waals surface area contributed by atoms with Gasteiger partial charge in [-0.15, -0.1) is 0 Å². The lowest BCUT2D eigenvalue weighted by molar-refractivity contribution is 0.0606. The molecule has 0 aromatic heterocycles. The van der Waals surface area contributed by atoms with Gasteiger partial charge in [0.25, 0.3) is 0 Å². The molecule has 10 nitrogen and oxygen atoms in total. The smallest absolute Gasteiger partial charge is 0.206 e. The standard InChI is InChI=1S/C58H50O10S2/c59-57(35-3-1-4-36-57)39-33-43-13-15-45(16-14-43)65-46-17-25-53(26-18-46)69(61,62)55-29-21-48(22-30-55)67-51-11-8-12-52(42-51)68-49-23-31-56(32-24-49)70(63,64)54-27-19-47(20-28-54)66-50-10-7-9-44(41-50)34-40-58(60)37-5-2-6-38-58/h7-32,41-42,59-60H,1-6,35-38H2. The predicted molar refractivity (Wildman–Crippen MR) is 266 cm³/mol. The molecule has 7 aromatic rings. The molecule has 2 aliphatic rings. The normalized spacial score (nSPS) is 15.2. The van der Waals surface area contributed by atoms with Crippen molar-refractivity contribution < 1.29 is 46.0 Å². The third-order valence-corrected chi connectivity index (χ3v) is 15.8. The first kappa shape index (κ1) is 47.7. The maximum absolute atomic E-state index is 13.6. The molecule has 12 heteroatoms. The fourth-order valence-electron chi connectivity index (χ4n) is 8.31. The number of sulfone groups is 2. The summed E-state index contributed by atoms with van der Waals surface area (Å²) in [6.07, 6.45) is 8.87. The van der Waals surface area contributed by atoms with Gasteiger partial charge in [0, 0.05) is 17.2 Å². The molecule has 0 bridgehead atoms. The molecular formula is C58H50O10S2. The van der Waals surface area contributed by atoms with E-state index in [1.165, 1.54) is 48.5 Å². The quantitative estimate of drug-likeness (QED) is 0.113. The van der Waals surface area contributed by atoms with Crippen LogP contribution >= 0.6 is 0 Å². The minimum Gasteiger partial charge on any atom is -0.457 e. The Hall–Kier alpha value is -7.32. The molecule has 0 unspecified atom stereocenters. The minimum absolute atomic E-state index is 0.0872. The van der Waals surface area contributed by atoms with Crippen molar-refractivity contribution in [2.75, 3.05) is 0 Å². The lowest BCUT2D eigenvalue weighted by Gasteiger charge is -2.26. The Balaban J connectivity index is 0.770. The third kappa shape index (κ3) is 11.9. The number of aliphatic hydroxyl groups is 2. The van der Waals surface area contributed by atoms with Gasteiger partial charge in [-0.25, -0.2) is 16.8 Å². The van der Waals surface area contributed by atoms with E-state index in [9.17, 15) is 27.0 Å². The van der Waals surface area contributed by atoms with E-state index in [4.69, 9.17) is 18.9 Å². The Morgan fingerprint density at radius 2 is 0.643 bits per heavy atom. The van der Waals surface area contributed by atoms with Gasteiger partial charge in [0.15, 0.2) is 0 Å². The molecule has 0 aliphatic heterocycles. The van der Waals surface area contributed by atoms with Gasteiger partial charge in [-0.3, -0.25) is 0 Å². The highest BCUT2D eigenvalue weighted by Gasteiger charge is 2.28. The number of benzene rings is 7. The van der Waals surface area contributed by atoms with E-state index in [0.29, 0.717) is 77.2 Å². The summed E-state index contributed by atoms with van der Waals surface area (Å²) in [4.78, 5) is 0.380. The Morgan fingerprint density at radius 3 is 1.01 bits per heavy atom. The lowest BCUT2D eigenvalue weighted by Crippen LogP contribution is -2.29. The zero-order valence-corrected chi connectivity index (χ0v) is 39.8. The van der Waals surface area contributed by atoms with Gasteiger partial charge >= 0.3 is 0 Å². The van der Waals surface area contributed by atoms with Gasteiger partial charge in [0.05, 0.1) is 19.6 Å². The van der Waals surface area contributed by atoms with Crippen molar-refractivity contribution >= 4 is 19.7 Å². The van der Waals surface area contributed by atoms with Crippen molar-refractivity contribution in [3.05, 3.63) is 181 Å². The average molecular weight is 971 g/mol. The molecule has 2 fully saturated rings. The van der Waals surface area contributed by atoms with E-state index in [-0.39, 0.29) is 19.6 Å². The number of hydrogen-bond donors (Lipinski definition) is 2. The monoisotopic (exact) mass is 970 g/mol. The highest BCUT2D eigenvalue weighted by Crippen LogP contribution is 2.34. The van der Waals surface area contributed by atoms with Crippen LogP contribution in [0, 0.1) is 23.7 Å². The van der Waals surface area contributed by atoms with Crippen LogP contribution in [-0.2, 0) is 19.7 Å². The van der Waals surface area contributed by atoms with E-state index in [1.807, 2.05) is 24.3 Å². The Bertz CT molecular complexity index is 3300. The van der Waals surface area contributed by atoms with E-state index in [2.05, 4.69) is 23.7 Å². The first-order valence-electron chi connectivity index (χ1n) is 23.2. The van der Waals surface area contributed by atoms with Crippen LogP contribution in [0.25, 0.3) is 0 Å². The highest BCUT2D eigenvalue weighted by molar-refractivity contribution is 7.91. The van der Waals surface area contributed by atoms with Crippen molar-refractivity contribution in [3.63, 3.8) is 0 Å². The van der Waals surface area contributed by atoms with Crippen LogP contribution in [0.1, 0.15) is 75.3 Å².